The van der Waals surface area contributed by atoms with Crippen molar-refractivity contribution in [3.8, 4) is 0 Å². The second-order valence-electron chi connectivity index (χ2n) is 6.17. The van der Waals surface area contributed by atoms with E-state index in [-0.39, 0.29) is 11.8 Å². The predicted octanol–water partition coefficient (Wildman–Crippen LogP) is 3.06. The molecule has 2 amide bonds. The standard InChI is InChI=1S/C18H21N3O3S/c1-11-16(12(2)24-21-11)9-25-10-17(22)19-14-5-3-13(4-6-14)18(23)20-15-7-8-15/h3-6,15H,7-10H2,1-2H3,(H,19,22)(H,20,23). The number of carbonyl (C=O) groups is 2. The van der Waals surface area contributed by atoms with Crippen LogP contribution >= 0.6 is 11.8 Å². The van der Waals surface area contributed by atoms with E-state index in [1.165, 1.54) is 11.8 Å². The molecule has 1 saturated carbocycles. The van der Waals surface area contributed by atoms with Crippen molar-refractivity contribution in [1.82, 2.24) is 10.5 Å². The number of amides is 2. The summed E-state index contributed by atoms with van der Waals surface area (Å²) in [5.74, 6) is 1.69. The average Bonchev–Trinajstić information content (AvgIpc) is 3.35. The fraction of sp³-hybridized carbons (Fsp3) is 0.389. The quantitative estimate of drug-likeness (QED) is 0.794. The van der Waals surface area contributed by atoms with Crippen LogP contribution in [0.2, 0.25) is 0 Å². The average molecular weight is 359 g/mol. The van der Waals surface area contributed by atoms with Crippen LogP contribution in [-0.2, 0) is 10.5 Å². The third-order valence-corrected chi connectivity index (χ3v) is 4.96. The second kappa shape index (κ2) is 7.74. The Bertz CT molecular complexity index is 747. The fourth-order valence-corrected chi connectivity index (χ4v) is 3.33. The minimum atomic E-state index is -0.0769. The lowest BCUT2D eigenvalue weighted by molar-refractivity contribution is -0.113. The van der Waals surface area contributed by atoms with Gasteiger partial charge in [0, 0.05) is 28.6 Å². The topological polar surface area (TPSA) is 84.2 Å². The zero-order chi connectivity index (χ0) is 17.8. The molecule has 7 heteroatoms. The normalized spacial score (nSPS) is 13.5. The molecule has 2 N–H and O–H groups in total. The zero-order valence-electron chi connectivity index (χ0n) is 14.3. The van der Waals surface area contributed by atoms with E-state index >= 15 is 0 Å². The van der Waals surface area contributed by atoms with Crippen LogP contribution in [0.3, 0.4) is 0 Å². The number of rotatable bonds is 7. The maximum Gasteiger partial charge on any atom is 0.251 e. The Morgan fingerprint density at radius 3 is 2.56 bits per heavy atom. The fourth-order valence-electron chi connectivity index (χ4n) is 2.35. The first kappa shape index (κ1) is 17.5. The molecule has 0 radical (unpaired) electrons. The lowest BCUT2D eigenvalue weighted by atomic mass is 10.2. The highest BCUT2D eigenvalue weighted by molar-refractivity contribution is 7.99. The number of hydrogen-bond donors (Lipinski definition) is 2. The maximum absolute atomic E-state index is 12.0. The molecule has 25 heavy (non-hydrogen) atoms. The summed E-state index contributed by atoms with van der Waals surface area (Å²) in [7, 11) is 0. The molecule has 2 aromatic rings. The molecule has 1 aromatic heterocycles. The van der Waals surface area contributed by atoms with Crippen molar-refractivity contribution in [2.45, 2.75) is 38.5 Å². The number of nitrogens with zero attached hydrogens (tertiary/aromatic N) is 1. The first-order valence-electron chi connectivity index (χ1n) is 8.23. The lowest BCUT2D eigenvalue weighted by Crippen LogP contribution is -2.25. The van der Waals surface area contributed by atoms with Gasteiger partial charge >= 0.3 is 0 Å². The van der Waals surface area contributed by atoms with Gasteiger partial charge in [-0.3, -0.25) is 9.59 Å². The van der Waals surface area contributed by atoms with Crippen LogP contribution < -0.4 is 10.6 Å². The molecule has 0 atom stereocenters. The smallest absolute Gasteiger partial charge is 0.251 e. The van der Waals surface area contributed by atoms with Gasteiger partial charge in [-0.2, -0.15) is 0 Å². The Morgan fingerprint density at radius 1 is 1.24 bits per heavy atom. The molecule has 0 saturated heterocycles. The SMILES string of the molecule is Cc1noc(C)c1CSCC(=O)Nc1ccc(C(=O)NC2CC2)cc1. The van der Waals surface area contributed by atoms with Crippen molar-refractivity contribution in [2.75, 3.05) is 11.1 Å². The van der Waals surface area contributed by atoms with Crippen LogP contribution in [0.25, 0.3) is 0 Å². The zero-order valence-corrected chi connectivity index (χ0v) is 15.1. The van der Waals surface area contributed by atoms with Gasteiger partial charge in [0.2, 0.25) is 5.91 Å². The monoisotopic (exact) mass is 359 g/mol. The second-order valence-corrected chi connectivity index (χ2v) is 7.15. The van der Waals surface area contributed by atoms with Crippen molar-refractivity contribution in [1.29, 1.82) is 0 Å². The Balaban J connectivity index is 1.45. The number of benzene rings is 1. The highest BCUT2D eigenvalue weighted by Crippen LogP contribution is 2.21. The van der Waals surface area contributed by atoms with E-state index in [1.54, 1.807) is 24.3 Å². The van der Waals surface area contributed by atoms with Gasteiger partial charge in [-0.05, 0) is 51.0 Å². The van der Waals surface area contributed by atoms with Crippen LogP contribution in [0.15, 0.2) is 28.8 Å². The third kappa shape index (κ3) is 4.85. The van der Waals surface area contributed by atoms with Crippen molar-refractivity contribution in [3.63, 3.8) is 0 Å². The van der Waals surface area contributed by atoms with Crippen LogP contribution in [0.4, 0.5) is 5.69 Å². The Hall–Kier alpha value is -2.28. The summed E-state index contributed by atoms with van der Waals surface area (Å²) in [6, 6.07) is 7.29. The molecule has 132 valence electrons. The maximum atomic E-state index is 12.0. The largest absolute Gasteiger partial charge is 0.361 e. The van der Waals surface area contributed by atoms with Gasteiger partial charge in [-0.15, -0.1) is 11.8 Å². The van der Waals surface area contributed by atoms with Gasteiger partial charge in [0.15, 0.2) is 0 Å². The number of aryl methyl sites for hydroxylation is 2. The summed E-state index contributed by atoms with van der Waals surface area (Å²) in [6.45, 7) is 3.77. The lowest BCUT2D eigenvalue weighted by Gasteiger charge is -2.07. The molecule has 0 bridgehead atoms. The highest BCUT2D eigenvalue weighted by Gasteiger charge is 2.23. The summed E-state index contributed by atoms with van der Waals surface area (Å²) >= 11 is 1.51. The van der Waals surface area contributed by atoms with Gasteiger partial charge in [0.25, 0.3) is 5.91 Å². The predicted molar refractivity (Wildman–Crippen MR) is 97.7 cm³/mol. The third-order valence-electron chi connectivity index (χ3n) is 4.00. The van der Waals surface area contributed by atoms with Crippen molar-refractivity contribution < 1.29 is 14.1 Å². The van der Waals surface area contributed by atoms with E-state index in [0.717, 1.165) is 29.9 Å². The van der Waals surface area contributed by atoms with E-state index in [0.29, 0.717) is 28.8 Å². The molecule has 3 rings (SSSR count). The van der Waals surface area contributed by atoms with E-state index < -0.39 is 0 Å². The summed E-state index contributed by atoms with van der Waals surface area (Å²) in [6.07, 6.45) is 2.12. The number of nitrogens with one attached hydrogen (secondary N) is 2. The molecule has 6 nitrogen and oxygen atoms in total. The minimum Gasteiger partial charge on any atom is -0.361 e. The molecule has 1 heterocycles. The Morgan fingerprint density at radius 2 is 1.96 bits per heavy atom. The molecule has 1 aliphatic rings. The van der Waals surface area contributed by atoms with E-state index in [2.05, 4.69) is 15.8 Å². The van der Waals surface area contributed by atoms with Crippen LogP contribution in [0, 0.1) is 13.8 Å². The first-order valence-corrected chi connectivity index (χ1v) is 9.38. The Kier molecular flexibility index (Phi) is 5.43. The van der Waals surface area contributed by atoms with Crippen molar-refractivity contribution in [3.05, 3.63) is 46.8 Å². The van der Waals surface area contributed by atoms with E-state index in [4.69, 9.17) is 4.52 Å². The number of aromatic nitrogens is 1. The van der Waals surface area contributed by atoms with Crippen LogP contribution in [0.1, 0.15) is 40.2 Å². The number of hydrogen-bond acceptors (Lipinski definition) is 5. The van der Waals surface area contributed by atoms with E-state index in [1.807, 2.05) is 13.8 Å². The molecular weight excluding hydrogens is 338 g/mol. The van der Waals surface area contributed by atoms with E-state index in [9.17, 15) is 9.59 Å². The van der Waals surface area contributed by atoms with Crippen molar-refractivity contribution in [2.24, 2.45) is 0 Å². The molecular formula is C18H21N3O3S. The molecule has 0 aliphatic heterocycles. The van der Waals surface area contributed by atoms with Crippen LogP contribution in [-0.4, -0.2) is 28.8 Å². The molecule has 1 aliphatic carbocycles. The van der Waals surface area contributed by atoms with Gasteiger partial charge in [-0.1, -0.05) is 5.16 Å². The number of thioether (sulfide) groups is 1. The van der Waals surface area contributed by atoms with Gasteiger partial charge in [0.05, 0.1) is 11.4 Å². The molecule has 0 unspecified atom stereocenters. The number of carbonyl (C=O) groups excluding carboxylic acids is 2. The summed E-state index contributed by atoms with van der Waals surface area (Å²) in [5, 5.41) is 9.68. The summed E-state index contributed by atoms with van der Waals surface area (Å²) in [5.41, 5.74) is 3.21. The van der Waals surface area contributed by atoms with Crippen molar-refractivity contribution >= 4 is 29.3 Å². The highest BCUT2D eigenvalue weighted by atomic mass is 32.2. The van der Waals surface area contributed by atoms with Crippen LogP contribution in [0.5, 0.6) is 0 Å². The van der Waals surface area contributed by atoms with Gasteiger partial charge in [0.1, 0.15) is 5.76 Å². The summed E-state index contributed by atoms with van der Waals surface area (Å²) in [4.78, 5) is 24.0. The number of anilines is 1. The molecule has 0 spiro atoms. The first-order chi connectivity index (χ1) is 12.0. The summed E-state index contributed by atoms with van der Waals surface area (Å²) < 4.78 is 5.11. The minimum absolute atomic E-state index is 0.0598. The Labute approximate surface area is 150 Å². The molecule has 1 aromatic carbocycles. The van der Waals surface area contributed by atoms with Gasteiger partial charge in [-0.25, -0.2) is 0 Å². The van der Waals surface area contributed by atoms with Gasteiger partial charge < -0.3 is 15.2 Å². The molecule has 1 fully saturated rings.